The van der Waals surface area contributed by atoms with Crippen LogP contribution < -0.4 is 14.8 Å². The lowest BCUT2D eigenvalue weighted by Crippen LogP contribution is -2.14. The Hall–Kier alpha value is -4.74. The number of allylic oxidation sites excluding steroid dienone is 1. The van der Waals surface area contributed by atoms with Crippen molar-refractivity contribution >= 4 is 28.9 Å². The fraction of sp³-hybridized carbons (Fsp3) is 0.182. The summed E-state index contributed by atoms with van der Waals surface area (Å²) in [6.45, 7) is 4.74. The number of aliphatic hydroxyl groups excluding tert-OH is 1. The second-order valence-corrected chi connectivity index (χ2v) is 6.45. The van der Waals surface area contributed by atoms with Crippen LogP contribution in [0.4, 0.5) is 17.1 Å². The minimum Gasteiger partial charge on any atom is -0.510 e. The summed E-state index contributed by atoms with van der Waals surface area (Å²) in [5.41, 5.74) is -0.0603. The van der Waals surface area contributed by atoms with Crippen LogP contribution in [0.25, 0.3) is 0 Å². The number of rotatable bonds is 11. The Bertz CT molecular complexity index is 1120. The number of carbonyl (C=O) groups is 2. The highest BCUT2D eigenvalue weighted by molar-refractivity contribution is 6.03. The number of non-ortho nitro benzene ring substituents is 1. The number of nitro benzene ring substituents is 1. The molecule has 0 saturated carbocycles. The van der Waals surface area contributed by atoms with Gasteiger partial charge in [0, 0.05) is 17.8 Å². The molecule has 2 N–H and O–H groups in total. The van der Waals surface area contributed by atoms with Gasteiger partial charge in [-0.3, -0.25) is 14.9 Å². The van der Waals surface area contributed by atoms with E-state index < -0.39 is 22.6 Å². The van der Waals surface area contributed by atoms with E-state index >= 15 is 0 Å². The van der Waals surface area contributed by atoms with Gasteiger partial charge in [-0.05, 0) is 37.3 Å². The number of hydrogen-bond donors (Lipinski definition) is 2. The first-order valence-corrected chi connectivity index (χ1v) is 9.72. The Kier molecular flexibility index (Phi) is 9.26. The number of amides is 1. The average molecular weight is 470 g/mol. The van der Waals surface area contributed by atoms with Crippen LogP contribution >= 0.6 is 0 Å². The van der Waals surface area contributed by atoms with E-state index in [1.807, 2.05) is 0 Å². The van der Waals surface area contributed by atoms with Crippen molar-refractivity contribution in [3.8, 4) is 11.5 Å². The van der Waals surface area contributed by atoms with Crippen LogP contribution in [0.5, 0.6) is 11.5 Å². The van der Waals surface area contributed by atoms with Gasteiger partial charge >= 0.3 is 5.97 Å². The highest BCUT2D eigenvalue weighted by atomic mass is 16.6. The molecule has 178 valence electrons. The zero-order valence-corrected chi connectivity index (χ0v) is 18.4. The fourth-order valence-electron chi connectivity index (χ4n) is 2.43. The zero-order chi connectivity index (χ0) is 25.1. The monoisotopic (exact) mass is 470 g/mol. The molecule has 2 aromatic carbocycles. The SMILES string of the molecule is C=CC(=O)OCCOc1ccc(NC(=O)/C(N=Nc2ccc([N+](=O)[O-])cc2OC)=C(/C)O)cc1. The molecule has 0 aliphatic carbocycles. The van der Waals surface area contributed by atoms with E-state index in [2.05, 4.69) is 22.1 Å². The topological polar surface area (TPSA) is 162 Å². The molecule has 34 heavy (non-hydrogen) atoms. The van der Waals surface area contributed by atoms with E-state index in [0.717, 1.165) is 12.1 Å². The maximum atomic E-state index is 12.6. The molecular weight excluding hydrogens is 448 g/mol. The number of nitrogens with zero attached hydrogens (tertiary/aromatic N) is 3. The Morgan fingerprint density at radius 1 is 1.21 bits per heavy atom. The van der Waals surface area contributed by atoms with Crippen LogP contribution in [0.2, 0.25) is 0 Å². The van der Waals surface area contributed by atoms with E-state index in [4.69, 9.17) is 14.2 Å². The van der Waals surface area contributed by atoms with Crippen LogP contribution in [-0.2, 0) is 14.3 Å². The van der Waals surface area contributed by atoms with Gasteiger partial charge in [0.25, 0.3) is 11.6 Å². The molecule has 0 fully saturated rings. The van der Waals surface area contributed by atoms with Crippen molar-refractivity contribution in [2.45, 2.75) is 6.92 Å². The molecule has 0 aliphatic rings. The molecule has 0 radical (unpaired) electrons. The second-order valence-electron chi connectivity index (χ2n) is 6.45. The summed E-state index contributed by atoms with van der Waals surface area (Å²) >= 11 is 0. The third-order valence-electron chi connectivity index (χ3n) is 4.06. The first-order chi connectivity index (χ1) is 16.2. The summed E-state index contributed by atoms with van der Waals surface area (Å²) in [5, 5.41) is 31.0. The molecule has 0 spiro atoms. The molecule has 2 rings (SSSR count). The smallest absolute Gasteiger partial charge is 0.330 e. The van der Waals surface area contributed by atoms with Gasteiger partial charge in [-0.2, -0.15) is 0 Å². The van der Waals surface area contributed by atoms with E-state index in [0.29, 0.717) is 11.4 Å². The molecule has 0 heterocycles. The highest BCUT2D eigenvalue weighted by Gasteiger charge is 2.15. The molecule has 0 aromatic heterocycles. The largest absolute Gasteiger partial charge is 0.510 e. The first kappa shape index (κ1) is 25.5. The minimum atomic E-state index is -0.741. The summed E-state index contributed by atoms with van der Waals surface area (Å²) in [6, 6.07) is 9.97. The van der Waals surface area contributed by atoms with Crippen LogP contribution in [-0.4, -0.2) is 42.2 Å². The summed E-state index contributed by atoms with van der Waals surface area (Å²) in [5.74, 6) is -1.13. The van der Waals surface area contributed by atoms with Crippen molar-refractivity contribution in [3.63, 3.8) is 0 Å². The standard InChI is InChI=1S/C22H22N4O8/c1-4-20(28)34-12-11-33-17-8-5-15(6-9-17)23-22(29)21(14(2)27)25-24-18-10-7-16(26(30)31)13-19(18)32-3/h4-10,13,27H,1,11-12H2,2-3H3,(H,23,29)/b21-14+,25-24?. The number of carbonyl (C=O) groups excluding carboxylic acids is 2. The molecule has 2 aromatic rings. The van der Waals surface area contributed by atoms with Crippen LogP contribution in [0, 0.1) is 10.1 Å². The number of esters is 1. The third-order valence-corrected chi connectivity index (χ3v) is 4.06. The van der Waals surface area contributed by atoms with Gasteiger partial charge in [-0.1, -0.05) is 6.58 Å². The molecule has 0 bridgehead atoms. The Morgan fingerprint density at radius 3 is 2.50 bits per heavy atom. The number of hydrogen-bond acceptors (Lipinski definition) is 10. The zero-order valence-electron chi connectivity index (χ0n) is 18.4. The number of aliphatic hydroxyl groups is 1. The van der Waals surface area contributed by atoms with Crippen molar-refractivity contribution in [2.24, 2.45) is 10.2 Å². The number of ether oxygens (including phenoxy) is 3. The van der Waals surface area contributed by atoms with Gasteiger partial charge in [0.15, 0.2) is 11.4 Å². The lowest BCUT2D eigenvalue weighted by atomic mass is 10.2. The second kappa shape index (κ2) is 12.3. The van der Waals surface area contributed by atoms with Gasteiger partial charge in [0.2, 0.25) is 0 Å². The van der Waals surface area contributed by atoms with E-state index in [1.165, 1.54) is 26.2 Å². The maximum Gasteiger partial charge on any atom is 0.330 e. The maximum absolute atomic E-state index is 12.6. The summed E-state index contributed by atoms with van der Waals surface area (Å²) in [7, 11) is 1.31. The van der Waals surface area contributed by atoms with E-state index in [9.17, 15) is 24.8 Å². The van der Waals surface area contributed by atoms with E-state index in [-0.39, 0.29) is 36.0 Å². The minimum absolute atomic E-state index is 0.0534. The normalized spacial score (nSPS) is 11.4. The summed E-state index contributed by atoms with van der Waals surface area (Å²) in [4.78, 5) is 33.8. The lowest BCUT2D eigenvalue weighted by molar-refractivity contribution is -0.384. The van der Waals surface area contributed by atoms with Gasteiger partial charge in [-0.25, -0.2) is 4.79 Å². The van der Waals surface area contributed by atoms with Crippen molar-refractivity contribution in [3.05, 3.63) is 76.7 Å². The number of anilines is 1. The highest BCUT2D eigenvalue weighted by Crippen LogP contribution is 2.32. The third kappa shape index (κ3) is 7.44. The van der Waals surface area contributed by atoms with Crippen molar-refractivity contribution in [1.82, 2.24) is 0 Å². The van der Waals surface area contributed by atoms with Crippen molar-refractivity contribution in [1.29, 1.82) is 0 Å². The Labute approximate surface area is 194 Å². The first-order valence-electron chi connectivity index (χ1n) is 9.72. The van der Waals surface area contributed by atoms with Gasteiger partial charge < -0.3 is 24.6 Å². The molecule has 0 atom stereocenters. The number of nitro groups is 1. The quantitative estimate of drug-likeness (QED) is 0.0938. The van der Waals surface area contributed by atoms with Gasteiger partial charge in [-0.15, -0.1) is 10.2 Å². The number of methoxy groups -OCH3 is 1. The number of benzene rings is 2. The van der Waals surface area contributed by atoms with Crippen LogP contribution in [0.15, 0.2) is 76.8 Å². The molecule has 0 unspecified atom stereocenters. The number of nitrogens with one attached hydrogen (secondary N) is 1. The molecule has 12 heteroatoms. The Balaban J connectivity index is 2.04. The predicted molar refractivity (Wildman–Crippen MR) is 121 cm³/mol. The van der Waals surface area contributed by atoms with Crippen molar-refractivity contribution < 1.29 is 33.8 Å². The summed E-state index contributed by atoms with van der Waals surface area (Å²) in [6.07, 6.45) is 1.05. The molecule has 12 nitrogen and oxygen atoms in total. The van der Waals surface area contributed by atoms with Gasteiger partial charge in [0.1, 0.15) is 30.4 Å². The Morgan fingerprint density at radius 2 is 1.91 bits per heavy atom. The fourth-order valence-corrected chi connectivity index (χ4v) is 2.43. The predicted octanol–water partition coefficient (Wildman–Crippen LogP) is 4.22. The van der Waals surface area contributed by atoms with Crippen LogP contribution in [0.1, 0.15) is 6.92 Å². The molecule has 0 aliphatic heterocycles. The molecule has 0 saturated heterocycles. The average Bonchev–Trinajstić information content (AvgIpc) is 2.82. The van der Waals surface area contributed by atoms with Crippen molar-refractivity contribution in [2.75, 3.05) is 25.6 Å². The van der Waals surface area contributed by atoms with E-state index in [1.54, 1.807) is 24.3 Å². The lowest BCUT2D eigenvalue weighted by Gasteiger charge is -2.09. The van der Waals surface area contributed by atoms with Crippen LogP contribution in [0.3, 0.4) is 0 Å². The number of azo groups is 1. The molecular formula is C22H22N4O8. The summed E-state index contributed by atoms with van der Waals surface area (Å²) < 4.78 is 15.3. The van der Waals surface area contributed by atoms with Gasteiger partial charge in [0.05, 0.1) is 18.1 Å². The molecule has 1 amide bonds.